The Hall–Kier alpha value is -1.84. The molecule has 1 unspecified atom stereocenters. The number of benzene rings is 1. The van der Waals surface area contributed by atoms with E-state index < -0.39 is 0 Å². The van der Waals surface area contributed by atoms with Crippen molar-refractivity contribution in [2.45, 2.75) is 71.3 Å². The Morgan fingerprint density at radius 2 is 1.61 bits per heavy atom. The van der Waals surface area contributed by atoms with E-state index in [0.29, 0.717) is 13.0 Å². The molecule has 4 bridgehead atoms. The topological polar surface area (TPSA) is 58.2 Å². The lowest BCUT2D eigenvalue weighted by Crippen LogP contribution is -2.53. The van der Waals surface area contributed by atoms with Crippen LogP contribution in [0.15, 0.2) is 24.3 Å². The molecule has 0 heterocycles. The molecule has 0 spiro atoms. The molecule has 4 heteroatoms. The van der Waals surface area contributed by atoms with Crippen molar-refractivity contribution in [1.29, 1.82) is 0 Å². The molecule has 1 aromatic rings. The first-order valence-electron chi connectivity index (χ1n) is 11.1. The number of hydrogen-bond donors (Lipinski definition) is 2. The molecule has 1 atom stereocenters. The number of amides is 2. The van der Waals surface area contributed by atoms with Gasteiger partial charge in [-0.1, -0.05) is 31.2 Å². The highest BCUT2D eigenvalue weighted by Crippen LogP contribution is 2.60. The molecule has 4 aliphatic rings. The van der Waals surface area contributed by atoms with Crippen LogP contribution in [0.3, 0.4) is 0 Å². The first-order chi connectivity index (χ1) is 13.5. The highest BCUT2D eigenvalue weighted by Gasteiger charge is 2.54. The second kappa shape index (κ2) is 7.88. The number of aryl methyl sites for hydroxylation is 1. The highest BCUT2D eigenvalue weighted by atomic mass is 16.2. The van der Waals surface area contributed by atoms with Crippen LogP contribution in [0.25, 0.3) is 0 Å². The molecular weight excluding hydrogens is 348 g/mol. The Morgan fingerprint density at radius 1 is 1.04 bits per heavy atom. The van der Waals surface area contributed by atoms with Crippen LogP contribution in [-0.4, -0.2) is 18.4 Å². The maximum Gasteiger partial charge on any atom is 0.226 e. The van der Waals surface area contributed by atoms with Gasteiger partial charge >= 0.3 is 0 Å². The van der Waals surface area contributed by atoms with E-state index in [1.165, 1.54) is 24.8 Å². The second-order valence-corrected chi connectivity index (χ2v) is 9.59. The average molecular weight is 383 g/mol. The highest BCUT2D eigenvalue weighted by molar-refractivity contribution is 5.84. The van der Waals surface area contributed by atoms with Crippen molar-refractivity contribution in [3.8, 4) is 0 Å². The van der Waals surface area contributed by atoms with Crippen LogP contribution >= 0.6 is 0 Å². The molecular formula is C24H34N2O2. The minimum Gasteiger partial charge on any atom is -0.355 e. The van der Waals surface area contributed by atoms with Crippen molar-refractivity contribution in [3.05, 3.63) is 35.4 Å². The van der Waals surface area contributed by atoms with Crippen molar-refractivity contribution in [2.75, 3.05) is 6.54 Å². The summed E-state index contributed by atoms with van der Waals surface area (Å²) in [6, 6.07) is 8.38. The number of rotatable bonds is 7. The molecule has 0 aliphatic heterocycles. The van der Waals surface area contributed by atoms with Crippen LogP contribution in [0, 0.1) is 23.2 Å². The zero-order valence-electron chi connectivity index (χ0n) is 17.3. The maximum absolute atomic E-state index is 12.9. The molecule has 0 radical (unpaired) electrons. The third-order valence-electron chi connectivity index (χ3n) is 7.42. The minimum atomic E-state index is -0.125. The summed E-state index contributed by atoms with van der Waals surface area (Å²) in [5, 5.41) is 6.15. The third kappa shape index (κ3) is 3.97. The van der Waals surface area contributed by atoms with Gasteiger partial charge in [-0.05, 0) is 80.8 Å². The molecule has 2 amide bonds. The maximum atomic E-state index is 12.9. The van der Waals surface area contributed by atoms with Gasteiger partial charge in [0.2, 0.25) is 11.8 Å². The predicted molar refractivity (Wildman–Crippen MR) is 111 cm³/mol. The molecule has 0 aromatic heterocycles. The lowest BCUT2D eigenvalue weighted by Gasteiger charge is -2.55. The lowest BCUT2D eigenvalue weighted by atomic mass is 9.49. The van der Waals surface area contributed by atoms with E-state index in [0.717, 1.165) is 49.0 Å². The molecule has 1 aromatic carbocycles. The Bertz CT molecular complexity index is 689. The lowest BCUT2D eigenvalue weighted by molar-refractivity contribution is -0.146. The van der Waals surface area contributed by atoms with Gasteiger partial charge in [0, 0.05) is 18.4 Å². The molecule has 4 aliphatic carbocycles. The fourth-order valence-electron chi connectivity index (χ4n) is 6.30. The van der Waals surface area contributed by atoms with Gasteiger partial charge in [-0.15, -0.1) is 0 Å². The van der Waals surface area contributed by atoms with E-state index in [9.17, 15) is 9.59 Å². The van der Waals surface area contributed by atoms with Crippen LogP contribution in [0.4, 0.5) is 0 Å². The van der Waals surface area contributed by atoms with Crippen LogP contribution in [0.1, 0.15) is 76.0 Å². The van der Waals surface area contributed by atoms with Gasteiger partial charge in [0.1, 0.15) is 0 Å². The van der Waals surface area contributed by atoms with E-state index >= 15 is 0 Å². The summed E-state index contributed by atoms with van der Waals surface area (Å²) >= 11 is 0. The molecule has 4 saturated carbocycles. The van der Waals surface area contributed by atoms with Crippen molar-refractivity contribution in [1.82, 2.24) is 10.6 Å². The summed E-state index contributed by atoms with van der Waals surface area (Å²) in [6.07, 6.45) is 8.59. The number of carbonyl (C=O) groups is 2. The SMILES string of the molecule is CCc1ccc(C(C)NC(=O)CCNC(=O)C23CC4CC(CC(C4)C2)C3)cc1. The minimum absolute atomic E-state index is 0.00196. The summed E-state index contributed by atoms with van der Waals surface area (Å²) in [4.78, 5) is 25.3. The standard InChI is InChI=1S/C24H34N2O2/c1-3-17-4-6-21(7-5-17)16(2)26-22(27)8-9-25-23(28)24-13-18-10-19(14-24)12-20(11-18)15-24/h4-7,16,18-20H,3,8-15H2,1-2H3,(H,25,28)(H,26,27). The Balaban J connectivity index is 1.23. The molecule has 5 rings (SSSR count). The molecule has 0 saturated heterocycles. The average Bonchev–Trinajstić information content (AvgIpc) is 2.67. The third-order valence-corrected chi connectivity index (χ3v) is 7.42. The second-order valence-electron chi connectivity index (χ2n) is 9.59. The van der Waals surface area contributed by atoms with Gasteiger partial charge in [0.15, 0.2) is 0 Å². The van der Waals surface area contributed by atoms with Crippen molar-refractivity contribution in [3.63, 3.8) is 0 Å². The molecule has 2 N–H and O–H groups in total. The molecule has 28 heavy (non-hydrogen) atoms. The Morgan fingerprint density at radius 3 is 2.14 bits per heavy atom. The van der Waals surface area contributed by atoms with Crippen molar-refractivity contribution < 1.29 is 9.59 Å². The number of nitrogens with one attached hydrogen (secondary N) is 2. The van der Waals surface area contributed by atoms with Crippen LogP contribution < -0.4 is 10.6 Å². The van der Waals surface area contributed by atoms with Crippen molar-refractivity contribution >= 4 is 11.8 Å². The van der Waals surface area contributed by atoms with E-state index in [1.807, 2.05) is 6.92 Å². The molecule has 4 nitrogen and oxygen atoms in total. The number of carbonyl (C=O) groups excluding carboxylic acids is 2. The molecule has 152 valence electrons. The number of hydrogen-bond acceptors (Lipinski definition) is 2. The smallest absolute Gasteiger partial charge is 0.226 e. The predicted octanol–water partition coefficient (Wildman–Crippen LogP) is 4.15. The quantitative estimate of drug-likeness (QED) is 0.744. The van der Waals surface area contributed by atoms with Crippen LogP contribution in [0.5, 0.6) is 0 Å². The summed E-state index contributed by atoms with van der Waals surface area (Å²) in [6.45, 7) is 4.58. The van der Waals surface area contributed by atoms with Gasteiger partial charge in [0.25, 0.3) is 0 Å². The summed E-state index contributed by atoms with van der Waals surface area (Å²) < 4.78 is 0. The monoisotopic (exact) mass is 382 g/mol. The normalized spacial score (nSPS) is 31.4. The summed E-state index contributed by atoms with van der Waals surface area (Å²) in [5.41, 5.74) is 2.29. The van der Waals surface area contributed by atoms with Gasteiger partial charge in [-0.25, -0.2) is 0 Å². The fourth-order valence-corrected chi connectivity index (χ4v) is 6.30. The summed E-state index contributed by atoms with van der Waals surface area (Å²) in [5.74, 6) is 2.50. The van der Waals surface area contributed by atoms with E-state index in [2.05, 4.69) is 41.8 Å². The van der Waals surface area contributed by atoms with Crippen LogP contribution in [0.2, 0.25) is 0 Å². The first kappa shape index (κ1) is 19.5. The van der Waals surface area contributed by atoms with Gasteiger partial charge in [-0.2, -0.15) is 0 Å². The zero-order valence-corrected chi connectivity index (χ0v) is 17.3. The Kier molecular flexibility index (Phi) is 5.48. The van der Waals surface area contributed by atoms with E-state index in [-0.39, 0.29) is 23.3 Å². The van der Waals surface area contributed by atoms with Gasteiger partial charge < -0.3 is 10.6 Å². The van der Waals surface area contributed by atoms with Crippen molar-refractivity contribution in [2.24, 2.45) is 23.2 Å². The van der Waals surface area contributed by atoms with Crippen LogP contribution in [-0.2, 0) is 16.0 Å². The fraction of sp³-hybridized carbons (Fsp3) is 0.667. The largest absolute Gasteiger partial charge is 0.355 e. The zero-order chi connectivity index (χ0) is 19.7. The molecule has 4 fully saturated rings. The summed E-state index contributed by atoms with van der Waals surface area (Å²) in [7, 11) is 0. The van der Waals surface area contributed by atoms with Gasteiger partial charge in [-0.3, -0.25) is 9.59 Å². The Labute approximate surface area is 168 Å². The van der Waals surface area contributed by atoms with E-state index in [4.69, 9.17) is 0 Å². The van der Waals surface area contributed by atoms with E-state index in [1.54, 1.807) is 0 Å². The first-order valence-corrected chi connectivity index (χ1v) is 11.1. The van der Waals surface area contributed by atoms with Gasteiger partial charge in [0.05, 0.1) is 6.04 Å².